The third-order valence-corrected chi connectivity index (χ3v) is 2.69. The van der Waals surface area contributed by atoms with Gasteiger partial charge in [-0.15, -0.1) is 0 Å². The summed E-state index contributed by atoms with van der Waals surface area (Å²) in [6.45, 7) is 7.11. The van der Waals surface area contributed by atoms with Gasteiger partial charge >= 0.3 is 6.09 Å². The molecule has 1 atom stereocenters. The Hall–Kier alpha value is -0.770. The van der Waals surface area contributed by atoms with Crippen molar-refractivity contribution in [2.75, 3.05) is 20.3 Å². The molecule has 1 saturated heterocycles. The summed E-state index contributed by atoms with van der Waals surface area (Å²) >= 11 is 0. The summed E-state index contributed by atoms with van der Waals surface area (Å²) in [5, 5.41) is 0. The number of carbonyl (C=O) groups excluding carboxylic acids is 1. The average molecular weight is 187 g/mol. The van der Waals surface area contributed by atoms with Crippen molar-refractivity contribution in [1.29, 1.82) is 0 Å². The van der Waals surface area contributed by atoms with Crippen LogP contribution < -0.4 is 0 Å². The number of rotatable bonds is 0. The van der Waals surface area contributed by atoms with E-state index in [0.717, 1.165) is 0 Å². The second kappa shape index (κ2) is 3.54. The zero-order chi connectivity index (χ0) is 10.1. The summed E-state index contributed by atoms with van der Waals surface area (Å²) < 4.78 is 10.2. The lowest BCUT2D eigenvalue weighted by Crippen LogP contribution is -2.57. The van der Waals surface area contributed by atoms with Crippen LogP contribution in [-0.2, 0) is 9.47 Å². The van der Waals surface area contributed by atoms with Crippen LogP contribution in [0.3, 0.4) is 0 Å². The minimum absolute atomic E-state index is 0.0497. The molecule has 1 rings (SSSR count). The first kappa shape index (κ1) is 10.3. The molecule has 0 radical (unpaired) electrons. The zero-order valence-corrected chi connectivity index (χ0v) is 8.66. The molecule has 1 fully saturated rings. The van der Waals surface area contributed by atoms with Gasteiger partial charge in [0.15, 0.2) is 0 Å². The van der Waals surface area contributed by atoms with Crippen LogP contribution in [0.4, 0.5) is 4.79 Å². The van der Waals surface area contributed by atoms with Crippen LogP contribution in [0.25, 0.3) is 0 Å². The topological polar surface area (TPSA) is 38.8 Å². The van der Waals surface area contributed by atoms with Crippen molar-refractivity contribution in [3.63, 3.8) is 0 Å². The summed E-state index contributed by atoms with van der Waals surface area (Å²) in [5.41, 5.74) is -0.285. The van der Waals surface area contributed by atoms with Crippen molar-refractivity contribution in [2.24, 2.45) is 0 Å². The van der Waals surface area contributed by atoms with Crippen molar-refractivity contribution >= 4 is 6.09 Å². The van der Waals surface area contributed by atoms with Gasteiger partial charge in [-0.3, -0.25) is 0 Å². The van der Waals surface area contributed by atoms with Crippen molar-refractivity contribution in [2.45, 2.75) is 32.4 Å². The van der Waals surface area contributed by atoms with Gasteiger partial charge in [-0.1, -0.05) is 0 Å². The molecule has 0 aromatic rings. The maximum Gasteiger partial charge on any atom is 0.409 e. The van der Waals surface area contributed by atoms with E-state index < -0.39 is 0 Å². The molecule has 0 aromatic heterocycles. The smallest absolute Gasteiger partial charge is 0.409 e. The van der Waals surface area contributed by atoms with E-state index >= 15 is 0 Å². The molecule has 1 heterocycles. The van der Waals surface area contributed by atoms with Gasteiger partial charge < -0.3 is 14.4 Å². The second-order valence-corrected chi connectivity index (χ2v) is 3.79. The quantitative estimate of drug-likeness (QED) is 0.573. The standard InChI is InChI=1S/C9H17NO3/c1-7-9(2,3)13-6-5-10(7)8(11)12-4/h7H,5-6H2,1-4H3. The number of amides is 1. The second-order valence-electron chi connectivity index (χ2n) is 3.79. The van der Waals surface area contributed by atoms with Gasteiger partial charge in [-0.2, -0.15) is 0 Å². The van der Waals surface area contributed by atoms with Crippen LogP contribution >= 0.6 is 0 Å². The Labute approximate surface area is 78.8 Å². The van der Waals surface area contributed by atoms with Gasteiger partial charge in [0.05, 0.1) is 25.4 Å². The summed E-state index contributed by atoms with van der Waals surface area (Å²) in [6.07, 6.45) is -0.274. The lowest BCUT2D eigenvalue weighted by molar-refractivity contribution is -0.112. The third kappa shape index (κ3) is 1.94. The maximum atomic E-state index is 11.3. The summed E-state index contributed by atoms with van der Waals surface area (Å²) in [6, 6.07) is 0.0497. The SMILES string of the molecule is COC(=O)N1CCOC(C)(C)C1C. The first-order valence-corrected chi connectivity index (χ1v) is 4.47. The van der Waals surface area contributed by atoms with E-state index in [1.54, 1.807) is 4.90 Å². The minimum Gasteiger partial charge on any atom is -0.453 e. The number of carbonyl (C=O) groups is 1. The van der Waals surface area contributed by atoms with Crippen LogP contribution in [-0.4, -0.2) is 42.9 Å². The van der Waals surface area contributed by atoms with Crippen molar-refractivity contribution in [1.82, 2.24) is 4.90 Å². The number of methoxy groups -OCH3 is 1. The average Bonchev–Trinajstić information content (AvgIpc) is 2.08. The van der Waals surface area contributed by atoms with Crippen molar-refractivity contribution < 1.29 is 14.3 Å². The predicted octanol–water partition coefficient (Wildman–Crippen LogP) is 1.25. The van der Waals surface area contributed by atoms with E-state index in [0.29, 0.717) is 13.2 Å². The van der Waals surface area contributed by atoms with Gasteiger partial charge in [-0.25, -0.2) is 4.79 Å². The first-order chi connectivity index (χ1) is 5.99. The van der Waals surface area contributed by atoms with Gasteiger partial charge in [0.2, 0.25) is 0 Å². The molecule has 0 N–H and O–H groups in total. The minimum atomic E-state index is -0.285. The Morgan fingerprint density at radius 2 is 2.23 bits per heavy atom. The van der Waals surface area contributed by atoms with Crippen LogP contribution in [0.2, 0.25) is 0 Å². The molecular formula is C9H17NO3. The highest BCUT2D eigenvalue weighted by Crippen LogP contribution is 2.24. The van der Waals surface area contributed by atoms with E-state index in [9.17, 15) is 4.79 Å². The van der Waals surface area contributed by atoms with E-state index in [1.807, 2.05) is 20.8 Å². The molecule has 1 aliphatic rings. The van der Waals surface area contributed by atoms with Crippen LogP contribution in [0.15, 0.2) is 0 Å². The van der Waals surface area contributed by atoms with Crippen LogP contribution in [0.1, 0.15) is 20.8 Å². The summed E-state index contributed by atoms with van der Waals surface area (Å²) in [4.78, 5) is 13.0. The van der Waals surface area contributed by atoms with E-state index in [1.165, 1.54) is 7.11 Å². The Morgan fingerprint density at radius 3 is 2.77 bits per heavy atom. The third-order valence-electron chi connectivity index (χ3n) is 2.69. The fraction of sp³-hybridized carbons (Fsp3) is 0.889. The lowest BCUT2D eigenvalue weighted by Gasteiger charge is -2.43. The molecule has 1 aliphatic heterocycles. The highest BCUT2D eigenvalue weighted by atomic mass is 16.5. The Balaban J connectivity index is 2.71. The number of hydrogen-bond acceptors (Lipinski definition) is 3. The highest BCUT2D eigenvalue weighted by Gasteiger charge is 2.38. The molecule has 0 spiro atoms. The number of nitrogens with zero attached hydrogens (tertiary/aromatic N) is 1. The number of ether oxygens (including phenoxy) is 2. The van der Waals surface area contributed by atoms with Gasteiger partial charge in [-0.05, 0) is 20.8 Å². The number of morpholine rings is 1. The normalized spacial score (nSPS) is 27.1. The summed E-state index contributed by atoms with van der Waals surface area (Å²) in [5.74, 6) is 0. The molecule has 0 aliphatic carbocycles. The number of hydrogen-bond donors (Lipinski definition) is 0. The Morgan fingerprint density at radius 1 is 1.62 bits per heavy atom. The summed E-state index contributed by atoms with van der Waals surface area (Å²) in [7, 11) is 1.40. The molecule has 76 valence electrons. The fourth-order valence-corrected chi connectivity index (χ4v) is 1.46. The first-order valence-electron chi connectivity index (χ1n) is 4.47. The zero-order valence-electron chi connectivity index (χ0n) is 8.66. The molecule has 0 bridgehead atoms. The van der Waals surface area contributed by atoms with Crippen molar-refractivity contribution in [3.05, 3.63) is 0 Å². The monoisotopic (exact) mass is 187 g/mol. The largest absolute Gasteiger partial charge is 0.453 e. The predicted molar refractivity (Wildman–Crippen MR) is 48.6 cm³/mol. The van der Waals surface area contributed by atoms with Gasteiger partial charge in [0, 0.05) is 6.54 Å². The fourth-order valence-electron chi connectivity index (χ4n) is 1.46. The van der Waals surface area contributed by atoms with Gasteiger partial charge in [0.25, 0.3) is 0 Å². The van der Waals surface area contributed by atoms with Crippen LogP contribution in [0.5, 0.6) is 0 Å². The molecule has 0 aromatic carbocycles. The Bertz CT molecular complexity index is 203. The Kier molecular flexibility index (Phi) is 2.81. The van der Waals surface area contributed by atoms with E-state index in [-0.39, 0.29) is 17.7 Å². The van der Waals surface area contributed by atoms with Crippen molar-refractivity contribution in [3.8, 4) is 0 Å². The molecule has 13 heavy (non-hydrogen) atoms. The van der Waals surface area contributed by atoms with Gasteiger partial charge in [0.1, 0.15) is 0 Å². The molecule has 4 nitrogen and oxygen atoms in total. The van der Waals surface area contributed by atoms with E-state index in [2.05, 4.69) is 4.74 Å². The van der Waals surface area contributed by atoms with Crippen LogP contribution in [0, 0.1) is 0 Å². The maximum absolute atomic E-state index is 11.3. The molecule has 0 saturated carbocycles. The molecule has 4 heteroatoms. The lowest BCUT2D eigenvalue weighted by atomic mass is 9.97. The molecule has 1 amide bonds. The molecular weight excluding hydrogens is 170 g/mol. The van der Waals surface area contributed by atoms with E-state index in [4.69, 9.17) is 4.74 Å². The highest BCUT2D eigenvalue weighted by molar-refractivity contribution is 5.68. The molecule has 1 unspecified atom stereocenters.